The first kappa shape index (κ1) is 10.6. The van der Waals surface area contributed by atoms with Crippen molar-refractivity contribution in [3.8, 4) is 0 Å². The molecule has 0 aromatic rings. The Morgan fingerprint density at radius 3 is 1.40 bits per heavy atom. The van der Waals surface area contributed by atoms with Gasteiger partial charge in [-0.3, -0.25) is 0 Å². The molecule has 0 rings (SSSR count). The van der Waals surface area contributed by atoms with E-state index < -0.39 is 20.2 Å². The van der Waals surface area contributed by atoms with Gasteiger partial charge in [0, 0.05) is 0 Å². The molecule has 0 fully saturated rings. The Labute approximate surface area is 72.7 Å². The molecule has 0 radical (unpaired) electrons. The van der Waals surface area contributed by atoms with Crippen LogP contribution in [0.5, 0.6) is 0 Å². The standard InChI is InChI=1S/2C3H7.C3H5.Sb/c3*1-3-2;/h2*3H,1-2H3;1H2,2H3;. The van der Waals surface area contributed by atoms with Gasteiger partial charge in [-0.25, -0.2) is 0 Å². The van der Waals surface area contributed by atoms with Crippen molar-refractivity contribution in [2.24, 2.45) is 0 Å². The molecular weight excluding hydrogens is 230 g/mol. The van der Waals surface area contributed by atoms with Gasteiger partial charge >= 0.3 is 72.7 Å². The second-order valence-corrected chi connectivity index (χ2v) is 13.7. The molecule has 0 aromatic heterocycles. The Balaban J connectivity index is 4.12. The summed E-state index contributed by atoms with van der Waals surface area (Å²) in [6, 6.07) is 0. The third-order valence-corrected chi connectivity index (χ3v) is 10.4. The molecule has 0 spiro atoms. The number of rotatable bonds is 3. The Kier molecular flexibility index (Phi) is 4.69. The SMILES string of the molecule is C=[C](C)[Sb]([CH](C)C)[CH](C)C. The molecule has 1 heteroatoms. The van der Waals surface area contributed by atoms with Crippen molar-refractivity contribution in [2.45, 2.75) is 42.3 Å². The van der Waals surface area contributed by atoms with E-state index in [4.69, 9.17) is 0 Å². The van der Waals surface area contributed by atoms with Crippen LogP contribution in [0.2, 0.25) is 7.73 Å². The van der Waals surface area contributed by atoms with E-state index in [2.05, 4.69) is 41.2 Å². The summed E-state index contributed by atoms with van der Waals surface area (Å²) in [5.74, 6) is 0. The van der Waals surface area contributed by atoms with Gasteiger partial charge in [-0.05, 0) is 0 Å². The fourth-order valence-corrected chi connectivity index (χ4v) is 9.91. The van der Waals surface area contributed by atoms with Gasteiger partial charge in [0.25, 0.3) is 0 Å². The fourth-order valence-electron chi connectivity index (χ4n) is 1.48. The van der Waals surface area contributed by atoms with Gasteiger partial charge in [-0.2, -0.15) is 0 Å². The molecule has 0 bridgehead atoms. The van der Waals surface area contributed by atoms with Crippen LogP contribution in [0.1, 0.15) is 34.6 Å². The van der Waals surface area contributed by atoms with Gasteiger partial charge in [0.15, 0.2) is 0 Å². The summed E-state index contributed by atoms with van der Waals surface area (Å²) in [6.45, 7) is 15.7. The number of hydrogen-bond donors (Lipinski definition) is 0. The Bertz CT molecular complexity index is 106. The van der Waals surface area contributed by atoms with Gasteiger partial charge in [0.1, 0.15) is 0 Å². The van der Waals surface area contributed by atoms with Gasteiger partial charge < -0.3 is 0 Å². The summed E-state index contributed by atoms with van der Waals surface area (Å²) in [5.41, 5.74) is 0. The van der Waals surface area contributed by atoms with E-state index >= 15 is 0 Å². The normalized spacial score (nSPS) is 11.6. The molecule has 0 saturated heterocycles. The van der Waals surface area contributed by atoms with E-state index in [1.54, 1.807) is 0 Å². The van der Waals surface area contributed by atoms with E-state index in [1.165, 1.54) is 3.52 Å². The first-order chi connectivity index (χ1) is 4.46. The molecule has 0 aliphatic carbocycles. The summed E-state index contributed by atoms with van der Waals surface area (Å²) < 4.78 is 3.34. The minimum atomic E-state index is -1.08. The molecule has 0 unspecified atom stereocenters. The zero-order chi connectivity index (χ0) is 8.31. The van der Waals surface area contributed by atoms with E-state index in [0.717, 1.165) is 7.73 Å². The van der Waals surface area contributed by atoms with E-state index in [9.17, 15) is 0 Å². The summed E-state index contributed by atoms with van der Waals surface area (Å²) in [7, 11) is 0. The van der Waals surface area contributed by atoms with Crippen LogP contribution in [-0.4, -0.2) is 20.2 Å². The van der Waals surface area contributed by atoms with Crippen LogP contribution in [0.4, 0.5) is 0 Å². The molecule has 0 amide bonds. The van der Waals surface area contributed by atoms with Crippen LogP contribution in [0.3, 0.4) is 0 Å². The van der Waals surface area contributed by atoms with Crippen molar-refractivity contribution < 1.29 is 0 Å². The van der Waals surface area contributed by atoms with Crippen LogP contribution in [0, 0.1) is 0 Å². The van der Waals surface area contributed by atoms with Gasteiger partial charge in [-0.1, -0.05) is 0 Å². The average molecular weight is 249 g/mol. The van der Waals surface area contributed by atoms with Crippen LogP contribution < -0.4 is 0 Å². The predicted octanol–water partition coefficient (Wildman–Crippen LogP) is 3.42. The molecule has 10 heavy (non-hydrogen) atoms. The molecule has 0 atom stereocenters. The first-order valence-corrected chi connectivity index (χ1v) is 8.13. The third kappa shape index (κ3) is 3.10. The second kappa shape index (κ2) is 4.44. The zero-order valence-corrected chi connectivity index (χ0v) is 10.4. The topological polar surface area (TPSA) is 0 Å². The van der Waals surface area contributed by atoms with Gasteiger partial charge in [0.2, 0.25) is 0 Å². The molecular formula is C9H19Sb. The average Bonchev–Trinajstić information content (AvgIpc) is 1.59. The van der Waals surface area contributed by atoms with Crippen LogP contribution in [0.15, 0.2) is 10.1 Å². The maximum absolute atomic E-state index is 4.08. The Hall–Kier alpha value is 0.558. The van der Waals surface area contributed by atoms with E-state index in [-0.39, 0.29) is 0 Å². The second-order valence-electron chi connectivity index (χ2n) is 3.33. The Morgan fingerprint density at radius 1 is 1.10 bits per heavy atom. The zero-order valence-electron chi connectivity index (χ0n) is 7.81. The summed E-state index contributed by atoms with van der Waals surface area (Å²) in [4.78, 5) is 0. The first-order valence-electron chi connectivity index (χ1n) is 3.90. The van der Waals surface area contributed by atoms with Crippen molar-refractivity contribution in [3.05, 3.63) is 10.1 Å². The van der Waals surface area contributed by atoms with Gasteiger partial charge in [0.05, 0.1) is 0 Å². The minimum absolute atomic E-state index is 0.917. The molecule has 0 heterocycles. The fraction of sp³-hybridized carbons (Fsp3) is 0.778. The van der Waals surface area contributed by atoms with Crippen molar-refractivity contribution in [1.29, 1.82) is 0 Å². The monoisotopic (exact) mass is 248 g/mol. The summed E-state index contributed by atoms with van der Waals surface area (Å²) in [6.07, 6.45) is 0. The Morgan fingerprint density at radius 2 is 1.40 bits per heavy atom. The third-order valence-electron chi connectivity index (χ3n) is 1.55. The molecule has 0 saturated carbocycles. The summed E-state index contributed by atoms with van der Waals surface area (Å²) in [5, 5.41) is 0. The van der Waals surface area contributed by atoms with E-state index in [0.29, 0.717) is 0 Å². The molecule has 0 N–H and O–H groups in total. The van der Waals surface area contributed by atoms with Crippen LogP contribution >= 0.6 is 0 Å². The van der Waals surface area contributed by atoms with Crippen LogP contribution in [0.25, 0.3) is 0 Å². The van der Waals surface area contributed by atoms with Gasteiger partial charge in [-0.15, -0.1) is 0 Å². The van der Waals surface area contributed by atoms with Crippen LogP contribution in [-0.2, 0) is 0 Å². The molecule has 0 nitrogen and oxygen atoms in total. The summed E-state index contributed by atoms with van der Waals surface area (Å²) >= 11 is -1.08. The van der Waals surface area contributed by atoms with Crippen molar-refractivity contribution in [3.63, 3.8) is 0 Å². The number of hydrogen-bond acceptors (Lipinski definition) is 0. The molecule has 0 aromatic carbocycles. The van der Waals surface area contributed by atoms with Crippen molar-refractivity contribution >= 4 is 20.2 Å². The molecule has 0 aliphatic heterocycles. The quantitative estimate of drug-likeness (QED) is 0.672. The number of allylic oxidation sites excluding steroid dienone is 1. The van der Waals surface area contributed by atoms with E-state index in [1.807, 2.05) is 0 Å². The maximum atomic E-state index is 4.08. The molecule has 0 aliphatic rings. The molecule has 60 valence electrons. The predicted molar refractivity (Wildman–Crippen MR) is 50.8 cm³/mol. The van der Waals surface area contributed by atoms with Crippen molar-refractivity contribution in [2.75, 3.05) is 0 Å². The van der Waals surface area contributed by atoms with Crippen molar-refractivity contribution in [1.82, 2.24) is 0 Å².